The number of pyridine rings is 1. The van der Waals surface area contributed by atoms with Crippen LogP contribution in [-0.4, -0.2) is 10.9 Å². The van der Waals surface area contributed by atoms with Crippen molar-refractivity contribution < 1.29 is 9.18 Å². The lowest BCUT2D eigenvalue weighted by atomic mass is 10.1. The molecule has 0 saturated carbocycles. The van der Waals surface area contributed by atoms with Gasteiger partial charge in [-0.05, 0) is 42.8 Å². The number of nitrogens with zero attached hydrogens (tertiary/aromatic N) is 1. The van der Waals surface area contributed by atoms with Gasteiger partial charge in [0.05, 0.1) is 11.9 Å². The van der Waals surface area contributed by atoms with Gasteiger partial charge in [0.1, 0.15) is 11.6 Å². The Morgan fingerprint density at radius 3 is 2.72 bits per heavy atom. The second-order valence-corrected chi connectivity index (χ2v) is 3.94. The van der Waals surface area contributed by atoms with Crippen LogP contribution < -0.4 is 11.1 Å². The van der Waals surface area contributed by atoms with Crippen LogP contribution >= 0.6 is 0 Å². The maximum absolute atomic E-state index is 13.2. The van der Waals surface area contributed by atoms with Crippen molar-refractivity contribution in [1.82, 2.24) is 4.98 Å². The van der Waals surface area contributed by atoms with E-state index in [1.807, 2.05) is 0 Å². The summed E-state index contributed by atoms with van der Waals surface area (Å²) < 4.78 is 13.2. The summed E-state index contributed by atoms with van der Waals surface area (Å²) in [4.78, 5) is 15.7. The summed E-state index contributed by atoms with van der Waals surface area (Å²) >= 11 is 0. The number of aryl methyl sites for hydroxylation is 1. The summed E-state index contributed by atoms with van der Waals surface area (Å²) in [5.41, 5.74) is 6.90. The molecule has 1 aromatic carbocycles. The Kier molecular flexibility index (Phi) is 3.23. The Balaban J connectivity index is 2.19. The molecule has 2 aromatic rings. The van der Waals surface area contributed by atoms with Crippen molar-refractivity contribution in [3.8, 4) is 0 Å². The van der Waals surface area contributed by atoms with Gasteiger partial charge in [0.25, 0.3) is 5.91 Å². The number of aromatic nitrogens is 1. The number of halogens is 1. The van der Waals surface area contributed by atoms with Gasteiger partial charge in [-0.15, -0.1) is 0 Å². The van der Waals surface area contributed by atoms with E-state index in [-0.39, 0.29) is 11.5 Å². The Bertz CT molecular complexity index is 561. The molecule has 0 atom stereocenters. The highest BCUT2D eigenvalue weighted by atomic mass is 19.1. The molecule has 0 aliphatic heterocycles. The van der Waals surface area contributed by atoms with Gasteiger partial charge < -0.3 is 11.1 Å². The second-order valence-electron chi connectivity index (χ2n) is 3.94. The number of carbonyl (C=O) groups excluding carboxylic acids is 1. The first-order chi connectivity index (χ1) is 8.54. The van der Waals surface area contributed by atoms with Crippen LogP contribution in [0.3, 0.4) is 0 Å². The number of nitrogen functional groups attached to an aromatic ring is 1. The topological polar surface area (TPSA) is 68.0 Å². The van der Waals surface area contributed by atoms with E-state index in [9.17, 15) is 9.18 Å². The summed E-state index contributed by atoms with van der Waals surface area (Å²) in [6.45, 7) is 1.73. The van der Waals surface area contributed by atoms with Crippen LogP contribution in [0.4, 0.5) is 15.9 Å². The van der Waals surface area contributed by atoms with E-state index in [1.54, 1.807) is 25.1 Å². The molecule has 0 aliphatic carbocycles. The second kappa shape index (κ2) is 4.83. The fourth-order valence-corrected chi connectivity index (χ4v) is 1.55. The predicted molar refractivity (Wildman–Crippen MR) is 67.7 cm³/mol. The molecule has 0 spiro atoms. The molecule has 4 nitrogen and oxygen atoms in total. The summed E-state index contributed by atoms with van der Waals surface area (Å²) in [7, 11) is 0. The average Bonchev–Trinajstić information content (AvgIpc) is 2.31. The lowest BCUT2D eigenvalue weighted by Crippen LogP contribution is -2.12. The Morgan fingerprint density at radius 2 is 2.11 bits per heavy atom. The smallest absolute Gasteiger partial charge is 0.255 e. The molecule has 18 heavy (non-hydrogen) atoms. The fourth-order valence-electron chi connectivity index (χ4n) is 1.55. The lowest BCUT2D eigenvalue weighted by Gasteiger charge is -2.06. The largest absolute Gasteiger partial charge is 0.384 e. The number of amides is 1. The predicted octanol–water partition coefficient (Wildman–Crippen LogP) is 2.36. The first kappa shape index (κ1) is 12.0. The van der Waals surface area contributed by atoms with Crippen molar-refractivity contribution in [3.63, 3.8) is 0 Å². The van der Waals surface area contributed by atoms with Gasteiger partial charge in [-0.1, -0.05) is 0 Å². The van der Waals surface area contributed by atoms with Crippen LogP contribution in [0, 0.1) is 12.7 Å². The third kappa shape index (κ3) is 2.82. The molecule has 0 fully saturated rings. The SMILES string of the molecule is Cc1cc(F)cc(C(=O)Nc2ccc(N)nc2)c1. The van der Waals surface area contributed by atoms with Gasteiger partial charge in [-0.25, -0.2) is 9.37 Å². The maximum Gasteiger partial charge on any atom is 0.255 e. The first-order valence-electron chi connectivity index (χ1n) is 5.34. The molecule has 1 amide bonds. The molecule has 92 valence electrons. The van der Waals surface area contributed by atoms with Gasteiger partial charge in [-0.3, -0.25) is 4.79 Å². The Labute approximate surface area is 104 Å². The fraction of sp³-hybridized carbons (Fsp3) is 0.0769. The number of benzene rings is 1. The molecular formula is C13H12FN3O. The summed E-state index contributed by atoms with van der Waals surface area (Å²) in [5.74, 6) is -0.450. The number of hydrogen-bond donors (Lipinski definition) is 2. The highest BCUT2D eigenvalue weighted by Gasteiger charge is 2.08. The van der Waals surface area contributed by atoms with Crippen LogP contribution in [0.5, 0.6) is 0 Å². The zero-order valence-electron chi connectivity index (χ0n) is 9.77. The molecule has 2 rings (SSSR count). The zero-order chi connectivity index (χ0) is 13.1. The number of rotatable bonds is 2. The van der Waals surface area contributed by atoms with Crippen molar-refractivity contribution in [2.75, 3.05) is 11.1 Å². The Morgan fingerprint density at radius 1 is 1.33 bits per heavy atom. The number of nitrogens with one attached hydrogen (secondary N) is 1. The molecule has 0 unspecified atom stereocenters. The lowest BCUT2D eigenvalue weighted by molar-refractivity contribution is 0.102. The quantitative estimate of drug-likeness (QED) is 0.853. The standard InChI is InChI=1S/C13H12FN3O/c1-8-4-9(6-10(14)5-8)13(18)17-11-2-3-12(15)16-7-11/h2-7H,1H3,(H2,15,16)(H,17,18). The van der Waals surface area contributed by atoms with Gasteiger partial charge in [-0.2, -0.15) is 0 Å². The van der Waals surface area contributed by atoms with E-state index in [0.29, 0.717) is 17.1 Å². The minimum Gasteiger partial charge on any atom is -0.384 e. The number of anilines is 2. The highest BCUT2D eigenvalue weighted by Crippen LogP contribution is 2.12. The summed E-state index contributed by atoms with van der Waals surface area (Å²) in [5, 5.41) is 2.62. The molecule has 0 aliphatic rings. The monoisotopic (exact) mass is 245 g/mol. The van der Waals surface area contributed by atoms with Crippen LogP contribution in [0.1, 0.15) is 15.9 Å². The molecule has 3 N–H and O–H groups in total. The average molecular weight is 245 g/mol. The van der Waals surface area contributed by atoms with E-state index in [2.05, 4.69) is 10.3 Å². The van der Waals surface area contributed by atoms with Crippen LogP contribution in [-0.2, 0) is 0 Å². The van der Waals surface area contributed by atoms with Crippen LogP contribution in [0.2, 0.25) is 0 Å². The number of nitrogens with two attached hydrogens (primary N) is 1. The molecule has 0 bridgehead atoms. The van der Waals surface area contributed by atoms with E-state index in [0.717, 1.165) is 0 Å². The summed E-state index contributed by atoms with van der Waals surface area (Å²) in [6.07, 6.45) is 1.44. The maximum atomic E-state index is 13.2. The number of carbonyl (C=O) groups is 1. The minimum absolute atomic E-state index is 0.268. The molecular weight excluding hydrogens is 233 g/mol. The van der Waals surface area contributed by atoms with Gasteiger partial charge in [0, 0.05) is 5.56 Å². The zero-order valence-corrected chi connectivity index (χ0v) is 9.77. The first-order valence-corrected chi connectivity index (χ1v) is 5.34. The third-order valence-corrected chi connectivity index (χ3v) is 2.35. The van der Waals surface area contributed by atoms with Crippen molar-refractivity contribution >= 4 is 17.4 Å². The molecule has 1 aromatic heterocycles. The van der Waals surface area contributed by atoms with E-state index in [1.165, 1.54) is 18.3 Å². The van der Waals surface area contributed by atoms with Crippen LogP contribution in [0.25, 0.3) is 0 Å². The third-order valence-electron chi connectivity index (χ3n) is 2.35. The highest BCUT2D eigenvalue weighted by molar-refractivity contribution is 6.04. The number of hydrogen-bond acceptors (Lipinski definition) is 3. The van der Waals surface area contributed by atoms with E-state index >= 15 is 0 Å². The van der Waals surface area contributed by atoms with Crippen molar-refractivity contribution in [2.45, 2.75) is 6.92 Å². The van der Waals surface area contributed by atoms with Gasteiger partial charge in [0.2, 0.25) is 0 Å². The van der Waals surface area contributed by atoms with Crippen LogP contribution in [0.15, 0.2) is 36.5 Å². The minimum atomic E-state index is -0.435. The molecule has 5 heteroatoms. The van der Waals surface area contributed by atoms with Crippen molar-refractivity contribution in [2.24, 2.45) is 0 Å². The molecule has 0 radical (unpaired) electrons. The normalized spacial score (nSPS) is 10.1. The molecule has 1 heterocycles. The van der Waals surface area contributed by atoms with Gasteiger partial charge >= 0.3 is 0 Å². The molecule has 0 saturated heterocycles. The van der Waals surface area contributed by atoms with Crippen molar-refractivity contribution in [1.29, 1.82) is 0 Å². The Hall–Kier alpha value is -2.43. The summed E-state index contributed by atoms with van der Waals surface area (Å²) in [6, 6.07) is 7.37. The van der Waals surface area contributed by atoms with Gasteiger partial charge in [0.15, 0.2) is 0 Å². The van der Waals surface area contributed by atoms with Crippen molar-refractivity contribution in [3.05, 3.63) is 53.5 Å². The van der Waals surface area contributed by atoms with E-state index in [4.69, 9.17) is 5.73 Å². The van der Waals surface area contributed by atoms with E-state index < -0.39 is 5.82 Å².